The van der Waals surface area contributed by atoms with Gasteiger partial charge in [0.15, 0.2) is 0 Å². The molecule has 1 aromatic heterocycles. The van der Waals surface area contributed by atoms with E-state index < -0.39 is 0 Å². The van der Waals surface area contributed by atoms with Gasteiger partial charge < -0.3 is 4.42 Å². The van der Waals surface area contributed by atoms with E-state index in [0.717, 1.165) is 11.2 Å². The van der Waals surface area contributed by atoms with Gasteiger partial charge in [-0.1, -0.05) is 178 Å². The van der Waals surface area contributed by atoms with Crippen molar-refractivity contribution in [3.05, 3.63) is 181 Å². The Morgan fingerprint density at radius 3 is 1.54 bits per heavy atom. The van der Waals surface area contributed by atoms with E-state index >= 15 is 0 Å². The van der Waals surface area contributed by atoms with E-state index in [1.807, 2.05) is 0 Å². The van der Waals surface area contributed by atoms with Crippen molar-refractivity contribution in [3.63, 3.8) is 0 Å². The highest BCUT2D eigenvalue weighted by Gasteiger charge is 2.37. The first-order valence-electron chi connectivity index (χ1n) is 18.2. The SMILES string of the molecule is CC1(C)c2ccccc2-c2c1ccc1c2oc2cc(-c3ccc(-c4c5ccccc5c(-c5ccccc5)c5ccccc45)cc3)c3ccccc3c21. The molecule has 0 atom stereocenters. The molecular weight excluding hydrogens is 629 g/mol. The van der Waals surface area contributed by atoms with Crippen molar-refractivity contribution >= 4 is 54.3 Å². The summed E-state index contributed by atoms with van der Waals surface area (Å²) in [6.07, 6.45) is 0. The quantitative estimate of drug-likeness (QED) is 0.172. The van der Waals surface area contributed by atoms with E-state index in [-0.39, 0.29) is 5.41 Å². The normalized spacial score (nSPS) is 13.3. The van der Waals surface area contributed by atoms with Gasteiger partial charge in [-0.15, -0.1) is 0 Å². The summed E-state index contributed by atoms with van der Waals surface area (Å²) in [4.78, 5) is 0. The summed E-state index contributed by atoms with van der Waals surface area (Å²) in [5.41, 5.74) is 14.4. The first-order chi connectivity index (χ1) is 25.6. The summed E-state index contributed by atoms with van der Waals surface area (Å²) >= 11 is 0. The predicted molar refractivity (Wildman–Crippen MR) is 220 cm³/mol. The lowest BCUT2D eigenvalue weighted by Crippen LogP contribution is -2.14. The van der Waals surface area contributed by atoms with Crippen LogP contribution in [-0.2, 0) is 5.41 Å². The second-order valence-electron chi connectivity index (χ2n) is 14.8. The maximum absolute atomic E-state index is 6.95. The molecule has 0 saturated carbocycles. The lowest BCUT2D eigenvalue weighted by molar-refractivity contribution is 0.653. The van der Waals surface area contributed by atoms with Crippen LogP contribution in [0.2, 0.25) is 0 Å². The molecule has 11 rings (SSSR count). The highest BCUT2D eigenvalue weighted by atomic mass is 16.3. The molecule has 1 aliphatic carbocycles. The van der Waals surface area contributed by atoms with Crippen LogP contribution in [0, 0.1) is 0 Å². The van der Waals surface area contributed by atoms with E-state index in [9.17, 15) is 0 Å². The highest BCUT2D eigenvalue weighted by molar-refractivity contribution is 6.25. The average molecular weight is 663 g/mol. The van der Waals surface area contributed by atoms with Gasteiger partial charge in [0.05, 0.1) is 0 Å². The topological polar surface area (TPSA) is 13.1 Å². The van der Waals surface area contributed by atoms with Crippen LogP contribution in [0.4, 0.5) is 0 Å². The van der Waals surface area contributed by atoms with Gasteiger partial charge in [0, 0.05) is 21.8 Å². The van der Waals surface area contributed by atoms with E-state index in [0.29, 0.717) is 0 Å². The summed E-state index contributed by atoms with van der Waals surface area (Å²) < 4.78 is 6.95. The van der Waals surface area contributed by atoms with Crippen LogP contribution in [0.1, 0.15) is 25.0 Å². The Kier molecular flexibility index (Phi) is 6.08. The van der Waals surface area contributed by atoms with Crippen molar-refractivity contribution in [3.8, 4) is 44.5 Å². The average Bonchev–Trinajstić information content (AvgIpc) is 3.69. The van der Waals surface area contributed by atoms with Crippen LogP contribution in [0.5, 0.6) is 0 Å². The minimum atomic E-state index is -0.0768. The van der Waals surface area contributed by atoms with Crippen molar-refractivity contribution in [2.75, 3.05) is 0 Å². The van der Waals surface area contributed by atoms with Gasteiger partial charge in [-0.2, -0.15) is 0 Å². The molecule has 0 amide bonds. The number of hydrogen-bond acceptors (Lipinski definition) is 1. The van der Waals surface area contributed by atoms with Gasteiger partial charge in [0.25, 0.3) is 0 Å². The fraction of sp³-hybridized carbons (Fsp3) is 0.0588. The molecule has 0 radical (unpaired) electrons. The van der Waals surface area contributed by atoms with E-state index in [1.54, 1.807) is 0 Å². The Hall–Kier alpha value is -6.44. The molecule has 0 N–H and O–H groups in total. The van der Waals surface area contributed by atoms with Gasteiger partial charge in [-0.25, -0.2) is 0 Å². The largest absolute Gasteiger partial charge is 0.455 e. The molecule has 0 unspecified atom stereocenters. The number of rotatable bonds is 3. The zero-order valence-corrected chi connectivity index (χ0v) is 29.1. The molecular formula is C51H34O. The third kappa shape index (κ3) is 3.99. The van der Waals surface area contributed by atoms with Gasteiger partial charge in [0.2, 0.25) is 0 Å². The fourth-order valence-electron chi connectivity index (χ4n) is 9.29. The second-order valence-corrected chi connectivity index (χ2v) is 14.8. The first-order valence-corrected chi connectivity index (χ1v) is 18.2. The number of benzene rings is 9. The molecule has 1 heterocycles. The summed E-state index contributed by atoms with van der Waals surface area (Å²) in [7, 11) is 0. The van der Waals surface area contributed by atoms with Gasteiger partial charge in [-0.05, 0) is 88.5 Å². The molecule has 52 heavy (non-hydrogen) atoms. The maximum atomic E-state index is 6.95. The maximum Gasteiger partial charge on any atom is 0.143 e. The van der Waals surface area contributed by atoms with Gasteiger partial charge in [0.1, 0.15) is 11.2 Å². The molecule has 9 aromatic carbocycles. The third-order valence-corrected chi connectivity index (χ3v) is 11.7. The van der Waals surface area contributed by atoms with E-state index in [2.05, 4.69) is 184 Å². The van der Waals surface area contributed by atoms with Gasteiger partial charge >= 0.3 is 0 Å². The van der Waals surface area contributed by atoms with E-state index in [1.165, 1.54) is 98.7 Å². The van der Waals surface area contributed by atoms with Crippen LogP contribution >= 0.6 is 0 Å². The number of furan rings is 1. The smallest absolute Gasteiger partial charge is 0.143 e. The summed E-state index contributed by atoms with van der Waals surface area (Å²) in [5.74, 6) is 0. The lowest BCUT2D eigenvalue weighted by Gasteiger charge is -2.21. The van der Waals surface area contributed by atoms with Gasteiger partial charge in [-0.3, -0.25) is 0 Å². The Morgan fingerprint density at radius 2 is 0.885 bits per heavy atom. The second kappa shape index (κ2) is 10.8. The first kappa shape index (κ1) is 29.3. The predicted octanol–water partition coefficient (Wildman–Crippen LogP) is 14.4. The molecule has 244 valence electrons. The van der Waals surface area contributed by atoms with E-state index in [4.69, 9.17) is 4.42 Å². The van der Waals surface area contributed by atoms with Crippen LogP contribution in [0.15, 0.2) is 174 Å². The molecule has 0 spiro atoms. The van der Waals surface area contributed by atoms with Crippen molar-refractivity contribution < 1.29 is 4.42 Å². The minimum absolute atomic E-state index is 0.0768. The van der Waals surface area contributed by atoms with Crippen LogP contribution < -0.4 is 0 Å². The zero-order valence-electron chi connectivity index (χ0n) is 29.1. The Bertz CT molecular complexity index is 3010. The fourth-order valence-corrected chi connectivity index (χ4v) is 9.29. The highest BCUT2D eigenvalue weighted by Crippen LogP contribution is 2.53. The number of hydrogen-bond donors (Lipinski definition) is 0. The third-order valence-electron chi connectivity index (χ3n) is 11.7. The van der Waals surface area contributed by atoms with Crippen LogP contribution in [0.25, 0.3) is 98.8 Å². The molecule has 0 saturated heterocycles. The van der Waals surface area contributed by atoms with Crippen molar-refractivity contribution in [2.24, 2.45) is 0 Å². The monoisotopic (exact) mass is 662 g/mol. The Balaban J connectivity index is 1.11. The zero-order chi connectivity index (χ0) is 34.6. The standard InChI is InChI=1S/C51H34O/c1-51(2)43-23-13-12-22-40(43)49-44(51)29-28-41-48-35-17-7-6-16-34(35)42(30-45(48)52-50(41)49)31-24-26-33(27-25-31)47-38-20-10-8-18-36(38)46(32-14-4-3-5-15-32)37-19-9-11-21-39(37)47/h3-30H,1-2H3. The van der Waals surface area contributed by atoms with Crippen LogP contribution in [-0.4, -0.2) is 0 Å². The molecule has 0 aliphatic heterocycles. The molecule has 0 fully saturated rings. The Morgan fingerprint density at radius 1 is 0.365 bits per heavy atom. The van der Waals surface area contributed by atoms with Crippen LogP contribution in [0.3, 0.4) is 0 Å². The number of fused-ring (bicyclic) bond motifs is 11. The van der Waals surface area contributed by atoms with Crippen molar-refractivity contribution in [2.45, 2.75) is 19.3 Å². The lowest BCUT2D eigenvalue weighted by atomic mass is 9.82. The summed E-state index contributed by atoms with van der Waals surface area (Å²) in [6, 6.07) is 62.2. The van der Waals surface area contributed by atoms with Crippen molar-refractivity contribution in [1.82, 2.24) is 0 Å². The summed E-state index contributed by atoms with van der Waals surface area (Å²) in [6.45, 7) is 4.65. The molecule has 1 nitrogen and oxygen atoms in total. The Labute approximate surface area is 302 Å². The minimum Gasteiger partial charge on any atom is -0.455 e. The molecule has 10 aromatic rings. The van der Waals surface area contributed by atoms with Crippen molar-refractivity contribution in [1.29, 1.82) is 0 Å². The molecule has 0 bridgehead atoms. The molecule has 1 aliphatic rings. The summed E-state index contributed by atoms with van der Waals surface area (Å²) in [5, 5.41) is 9.88. The molecule has 1 heteroatoms.